The SMILES string of the molecule is CN(C)C(=O)N1C[C@H]2C(=O)NC3(CCN(C(=O)NCc4ccccc4)CC3)[C@H]2C1. The molecule has 0 radical (unpaired) electrons. The van der Waals surface area contributed by atoms with Gasteiger partial charge in [-0.2, -0.15) is 0 Å². The van der Waals surface area contributed by atoms with E-state index in [0.29, 0.717) is 32.7 Å². The van der Waals surface area contributed by atoms with E-state index in [9.17, 15) is 14.4 Å². The van der Waals surface area contributed by atoms with Crippen LogP contribution in [0.25, 0.3) is 0 Å². The van der Waals surface area contributed by atoms with Gasteiger partial charge >= 0.3 is 12.1 Å². The maximum atomic E-state index is 12.6. The normalized spacial score (nSPS) is 25.0. The van der Waals surface area contributed by atoms with Crippen LogP contribution in [0.15, 0.2) is 30.3 Å². The Kier molecular flexibility index (Phi) is 5.10. The third-order valence-electron chi connectivity index (χ3n) is 6.62. The highest BCUT2D eigenvalue weighted by Gasteiger charge is 2.58. The topological polar surface area (TPSA) is 85.0 Å². The Morgan fingerprint density at radius 1 is 1.14 bits per heavy atom. The summed E-state index contributed by atoms with van der Waals surface area (Å²) < 4.78 is 0. The summed E-state index contributed by atoms with van der Waals surface area (Å²) in [5.74, 6) is 0.0248. The van der Waals surface area contributed by atoms with Crippen molar-refractivity contribution in [3.63, 3.8) is 0 Å². The molecule has 3 heterocycles. The first kappa shape index (κ1) is 19.5. The zero-order chi connectivity index (χ0) is 20.6. The van der Waals surface area contributed by atoms with E-state index in [1.165, 1.54) is 0 Å². The van der Waals surface area contributed by atoms with Gasteiger partial charge in [0.15, 0.2) is 0 Å². The van der Waals surface area contributed by atoms with Gasteiger partial charge in [-0.3, -0.25) is 4.79 Å². The summed E-state index contributed by atoms with van der Waals surface area (Å²) in [4.78, 5) is 42.7. The number of fused-ring (bicyclic) bond motifs is 2. The first-order chi connectivity index (χ1) is 13.9. The van der Waals surface area contributed by atoms with E-state index in [1.54, 1.807) is 23.9 Å². The number of carbonyl (C=O) groups excluding carboxylic acids is 3. The van der Waals surface area contributed by atoms with Crippen molar-refractivity contribution in [2.45, 2.75) is 24.9 Å². The van der Waals surface area contributed by atoms with Gasteiger partial charge < -0.3 is 25.3 Å². The van der Waals surface area contributed by atoms with Crippen molar-refractivity contribution < 1.29 is 14.4 Å². The summed E-state index contributed by atoms with van der Waals surface area (Å²) in [5, 5.41) is 6.21. The fourth-order valence-corrected chi connectivity index (χ4v) is 4.99. The molecule has 8 nitrogen and oxygen atoms in total. The van der Waals surface area contributed by atoms with Gasteiger partial charge in [0.1, 0.15) is 0 Å². The van der Waals surface area contributed by atoms with E-state index in [4.69, 9.17) is 0 Å². The lowest BCUT2D eigenvalue weighted by Gasteiger charge is -2.42. The molecule has 3 fully saturated rings. The Hall–Kier alpha value is -2.77. The minimum atomic E-state index is -0.306. The first-order valence-electron chi connectivity index (χ1n) is 10.2. The first-order valence-corrected chi connectivity index (χ1v) is 10.2. The summed E-state index contributed by atoms with van der Waals surface area (Å²) in [6.45, 7) is 2.79. The van der Waals surface area contributed by atoms with Crippen LogP contribution in [0, 0.1) is 11.8 Å². The number of nitrogens with one attached hydrogen (secondary N) is 2. The molecule has 3 saturated heterocycles. The molecule has 156 valence electrons. The van der Waals surface area contributed by atoms with Crippen molar-refractivity contribution in [3.8, 4) is 0 Å². The minimum Gasteiger partial charge on any atom is -0.350 e. The predicted molar refractivity (Wildman–Crippen MR) is 108 cm³/mol. The average molecular weight is 399 g/mol. The molecule has 3 aliphatic rings. The Morgan fingerprint density at radius 3 is 2.48 bits per heavy atom. The predicted octanol–water partition coefficient (Wildman–Crippen LogP) is 1.09. The summed E-state index contributed by atoms with van der Waals surface area (Å²) >= 11 is 0. The van der Waals surface area contributed by atoms with Gasteiger partial charge in [0.2, 0.25) is 5.91 Å². The van der Waals surface area contributed by atoms with Gasteiger partial charge in [0, 0.05) is 58.3 Å². The number of rotatable bonds is 2. The zero-order valence-electron chi connectivity index (χ0n) is 17.1. The molecule has 1 aromatic carbocycles. The molecule has 0 saturated carbocycles. The van der Waals surface area contributed by atoms with Crippen LogP contribution in [0.1, 0.15) is 18.4 Å². The lowest BCUT2D eigenvalue weighted by Crippen LogP contribution is -2.57. The second-order valence-electron chi connectivity index (χ2n) is 8.57. The third-order valence-corrected chi connectivity index (χ3v) is 6.62. The highest BCUT2D eigenvalue weighted by Crippen LogP contribution is 2.44. The van der Waals surface area contributed by atoms with Crippen LogP contribution < -0.4 is 10.6 Å². The number of amides is 5. The standard InChI is InChI=1S/C21H29N5O3/c1-24(2)20(29)26-13-16-17(14-26)21(23-18(16)27)8-10-25(11-9-21)19(28)22-12-15-6-4-3-5-7-15/h3-7,16-17H,8-14H2,1-2H3,(H,22,28)(H,23,27)/t16-,17+/m1/s1. The second kappa shape index (κ2) is 7.57. The summed E-state index contributed by atoms with van der Waals surface area (Å²) in [7, 11) is 3.47. The largest absolute Gasteiger partial charge is 0.350 e. The molecule has 4 rings (SSSR count). The van der Waals surface area contributed by atoms with E-state index >= 15 is 0 Å². The molecule has 1 aromatic rings. The van der Waals surface area contributed by atoms with Gasteiger partial charge in [-0.1, -0.05) is 30.3 Å². The van der Waals surface area contributed by atoms with Gasteiger partial charge in [0.05, 0.1) is 5.92 Å². The third kappa shape index (κ3) is 3.63. The van der Waals surface area contributed by atoms with Gasteiger partial charge in [-0.05, 0) is 18.4 Å². The molecular weight excluding hydrogens is 370 g/mol. The highest BCUT2D eigenvalue weighted by atomic mass is 16.2. The highest BCUT2D eigenvalue weighted by molar-refractivity contribution is 5.85. The average Bonchev–Trinajstić information content (AvgIpc) is 3.27. The van der Waals surface area contributed by atoms with Crippen molar-refractivity contribution in [1.29, 1.82) is 0 Å². The molecule has 5 amide bonds. The molecular formula is C21H29N5O3. The Bertz CT molecular complexity index is 789. The van der Waals surface area contributed by atoms with Gasteiger partial charge in [-0.25, -0.2) is 9.59 Å². The number of nitrogens with zero attached hydrogens (tertiary/aromatic N) is 3. The van der Waals surface area contributed by atoms with E-state index in [0.717, 1.165) is 18.4 Å². The number of urea groups is 2. The fraction of sp³-hybridized carbons (Fsp3) is 0.571. The molecule has 2 N–H and O–H groups in total. The number of piperidine rings is 1. The molecule has 1 spiro atoms. The zero-order valence-corrected chi connectivity index (χ0v) is 17.1. The van der Waals surface area contributed by atoms with Crippen LogP contribution in [0.4, 0.5) is 9.59 Å². The minimum absolute atomic E-state index is 0.0416. The Balaban J connectivity index is 1.35. The van der Waals surface area contributed by atoms with E-state index in [2.05, 4.69) is 10.6 Å². The maximum absolute atomic E-state index is 12.6. The molecule has 8 heteroatoms. The molecule has 0 aromatic heterocycles. The van der Waals surface area contributed by atoms with E-state index < -0.39 is 0 Å². The molecule has 0 aliphatic carbocycles. The van der Waals surface area contributed by atoms with Crippen molar-refractivity contribution in [1.82, 2.24) is 25.3 Å². The van der Waals surface area contributed by atoms with E-state index in [1.807, 2.05) is 35.2 Å². The number of carbonyl (C=O) groups is 3. The van der Waals surface area contributed by atoms with Crippen LogP contribution >= 0.6 is 0 Å². The lowest BCUT2D eigenvalue weighted by atomic mass is 9.75. The maximum Gasteiger partial charge on any atom is 0.319 e. The summed E-state index contributed by atoms with van der Waals surface area (Å²) in [5.41, 5.74) is 0.760. The fourth-order valence-electron chi connectivity index (χ4n) is 4.99. The Labute approximate surface area is 171 Å². The van der Waals surface area contributed by atoms with Crippen LogP contribution in [0.3, 0.4) is 0 Å². The summed E-state index contributed by atoms with van der Waals surface area (Å²) in [6, 6.07) is 9.73. The molecule has 0 unspecified atom stereocenters. The number of hydrogen-bond donors (Lipinski definition) is 2. The number of hydrogen-bond acceptors (Lipinski definition) is 3. The van der Waals surface area contributed by atoms with Crippen molar-refractivity contribution in [3.05, 3.63) is 35.9 Å². The number of likely N-dealkylation sites (tertiary alicyclic amines) is 2. The smallest absolute Gasteiger partial charge is 0.319 e. The number of benzene rings is 1. The van der Waals surface area contributed by atoms with Crippen molar-refractivity contribution in [2.24, 2.45) is 11.8 Å². The van der Waals surface area contributed by atoms with Gasteiger partial charge in [-0.15, -0.1) is 0 Å². The lowest BCUT2D eigenvalue weighted by molar-refractivity contribution is -0.123. The molecule has 3 aliphatic heterocycles. The van der Waals surface area contributed by atoms with Gasteiger partial charge in [0.25, 0.3) is 0 Å². The Morgan fingerprint density at radius 2 is 1.83 bits per heavy atom. The summed E-state index contributed by atoms with van der Waals surface area (Å²) in [6.07, 6.45) is 1.45. The molecule has 29 heavy (non-hydrogen) atoms. The van der Waals surface area contributed by atoms with Crippen molar-refractivity contribution in [2.75, 3.05) is 40.3 Å². The monoisotopic (exact) mass is 399 g/mol. The van der Waals surface area contributed by atoms with Crippen LogP contribution in [-0.4, -0.2) is 78.5 Å². The van der Waals surface area contributed by atoms with Crippen molar-refractivity contribution >= 4 is 18.0 Å². The second-order valence-corrected chi connectivity index (χ2v) is 8.57. The molecule has 0 bridgehead atoms. The van der Waals surface area contributed by atoms with Crippen LogP contribution in [-0.2, 0) is 11.3 Å². The van der Waals surface area contributed by atoms with E-state index in [-0.39, 0.29) is 35.3 Å². The quantitative estimate of drug-likeness (QED) is 0.781. The van der Waals surface area contributed by atoms with Crippen LogP contribution in [0.5, 0.6) is 0 Å². The van der Waals surface area contributed by atoms with Crippen LogP contribution in [0.2, 0.25) is 0 Å². The molecule has 2 atom stereocenters.